The Balaban J connectivity index is 2.35. The van der Waals surface area contributed by atoms with E-state index in [1.54, 1.807) is 62.1 Å². The number of ketones is 1. The van der Waals surface area contributed by atoms with Crippen LogP contribution >= 0.6 is 0 Å². The van der Waals surface area contributed by atoms with Crippen LogP contribution in [0.3, 0.4) is 0 Å². The number of Topliss-reactive ketones (excluding diaryl/α,β-unsaturated/α-hetero) is 1. The highest BCUT2D eigenvalue weighted by atomic mass is 16.5. The van der Waals surface area contributed by atoms with Gasteiger partial charge in [-0.15, -0.1) is 0 Å². The predicted molar refractivity (Wildman–Crippen MR) is 216 cm³/mol. The number of likely N-dealkylation sites (tertiary alicyclic amines) is 1. The van der Waals surface area contributed by atoms with Crippen molar-refractivity contribution in [3.8, 4) is 5.75 Å². The van der Waals surface area contributed by atoms with Gasteiger partial charge in [0, 0.05) is 34.9 Å². The molecule has 0 spiro atoms. The SMILES string of the molecule is CC[C@H](C)[C@@H]([C@@H](CC(=O)N1C[C@H](OC)CC1[C@H](OC)[C@@H](C)C(=O)N[C@H](C)C(=O)c1ccccc1OC)OC)N(C)C(=O)[C@@H](NC(=O)[C@H](C(C)C)N(C)C)C(C)C. The highest BCUT2D eigenvalue weighted by molar-refractivity contribution is 6.03. The van der Waals surface area contributed by atoms with E-state index in [0.717, 1.165) is 0 Å². The number of carbonyl (C=O) groups excluding carboxylic acids is 5. The number of methoxy groups -OCH3 is 4. The molecule has 0 radical (unpaired) electrons. The van der Waals surface area contributed by atoms with E-state index in [1.807, 2.05) is 60.5 Å². The molecule has 14 nitrogen and oxygen atoms in total. The minimum absolute atomic E-state index is 0.0293. The number of para-hydroxylation sites is 1. The van der Waals surface area contributed by atoms with E-state index in [-0.39, 0.29) is 60.3 Å². The molecule has 0 saturated carbocycles. The minimum atomic E-state index is -0.848. The molecule has 0 aliphatic carbocycles. The van der Waals surface area contributed by atoms with Gasteiger partial charge in [0.05, 0.1) is 67.5 Å². The van der Waals surface area contributed by atoms with Crippen LogP contribution in [0.25, 0.3) is 0 Å². The molecule has 1 fully saturated rings. The first-order valence-corrected chi connectivity index (χ1v) is 19.9. The van der Waals surface area contributed by atoms with Gasteiger partial charge in [-0.25, -0.2) is 0 Å². The van der Waals surface area contributed by atoms with Crippen molar-refractivity contribution in [1.29, 1.82) is 0 Å². The number of nitrogens with zero attached hydrogens (tertiary/aromatic N) is 3. The fourth-order valence-electron chi connectivity index (χ4n) is 8.05. The van der Waals surface area contributed by atoms with Crippen LogP contribution < -0.4 is 15.4 Å². The molecule has 318 valence electrons. The number of rotatable bonds is 22. The summed E-state index contributed by atoms with van der Waals surface area (Å²) in [6, 6.07) is 3.77. The number of carbonyl (C=O) groups is 5. The van der Waals surface area contributed by atoms with Crippen LogP contribution in [0.5, 0.6) is 5.75 Å². The number of benzene rings is 1. The fraction of sp³-hybridized carbons (Fsp3) is 0.738. The smallest absolute Gasteiger partial charge is 0.245 e. The molecule has 1 heterocycles. The Hall–Kier alpha value is -3.59. The zero-order valence-electron chi connectivity index (χ0n) is 36.6. The van der Waals surface area contributed by atoms with Gasteiger partial charge >= 0.3 is 0 Å². The Labute approximate surface area is 335 Å². The van der Waals surface area contributed by atoms with Gasteiger partial charge in [-0.2, -0.15) is 0 Å². The standard InChI is InChI=1S/C42H71N5O9/c1-16-26(6)37(46(11)42(52)35(24(2)3)44-41(51)36(25(4)5)45(9)10)33(55-14)22-34(48)47-23-29(53-12)21-31(47)39(56-15)27(7)40(50)43-28(8)38(49)30-19-17-18-20-32(30)54-13/h17-20,24-29,31,33,35-37,39H,16,21-23H2,1-15H3,(H,43,50)(H,44,51)/t26-,27+,28+,29+,31?,33+,35-,36-,37-,39+/m0/s1. The van der Waals surface area contributed by atoms with Gasteiger partial charge in [0.25, 0.3) is 0 Å². The second kappa shape index (κ2) is 22.4. The predicted octanol–water partition coefficient (Wildman–Crippen LogP) is 3.65. The first kappa shape index (κ1) is 48.6. The zero-order valence-corrected chi connectivity index (χ0v) is 36.6. The molecule has 56 heavy (non-hydrogen) atoms. The van der Waals surface area contributed by atoms with Gasteiger partial charge in [-0.3, -0.25) is 28.9 Å². The number of amides is 4. The average molecular weight is 790 g/mol. The van der Waals surface area contributed by atoms with Crippen molar-refractivity contribution in [2.75, 3.05) is 56.1 Å². The third-order valence-corrected chi connectivity index (χ3v) is 11.4. The summed E-state index contributed by atoms with van der Waals surface area (Å²) in [5.74, 6) is -1.97. The summed E-state index contributed by atoms with van der Waals surface area (Å²) in [4.78, 5) is 74.3. The maximum absolute atomic E-state index is 14.4. The Morgan fingerprint density at radius 2 is 1.48 bits per heavy atom. The molecule has 1 aromatic carbocycles. The Morgan fingerprint density at radius 1 is 0.857 bits per heavy atom. The fourth-order valence-corrected chi connectivity index (χ4v) is 8.05. The summed E-state index contributed by atoms with van der Waals surface area (Å²) in [5, 5.41) is 5.86. The van der Waals surface area contributed by atoms with Crippen LogP contribution in [-0.2, 0) is 33.4 Å². The second-order valence-corrected chi connectivity index (χ2v) is 16.2. The van der Waals surface area contributed by atoms with Crippen LogP contribution in [0.15, 0.2) is 24.3 Å². The van der Waals surface area contributed by atoms with E-state index >= 15 is 0 Å². The Bertz CT molecular complexity index is 1450. The number of likely N-dealkylation sites (N-methyl/N-ethyl adjacent to an activating group) is 2. The second-order valence-electron chi connectivity index (χ2n) is 16.2. The Morgan fingerprint density at radius 3 is 1.98 bits per heavy atom. The number of hydrogen-bond donors (Lipinski definition) is 2. The third-order valence-electron chi connectivity index (χ3n) is 11.4. The molecule has 1 saturated heterocycles. The number of nitrogens with one attached hydrogen (secondary N) is 2. The van der Waals surface area contributed by atoms with E-state index < -0.39 is 54.2 Å². The maximum Gasteiger partial charge on any atom is 0.245 e. The van der Waals surface area contributed by atoms with Crippen molar-refractivity contribution in [3.05, 3.63) is 29.8 Å². The first-order valence-electron chi connectivity index (χ1n) is 19.9. The summed E-state index contributed by atoms with van der Waals surface area (Å²) >= 11 is 0. The number of ether oxygens (including phenoxy) is 4. The highest BCUT2D eigenvalue weighted by Crippen LogP contribution is 2.31. The zero-order chi connectivity index (χ0) is 42.6. The van der Waals surface area contributed by atoms with Crippen LogP contribution in [0, 0.1) is 23.7 Å². The average Bonchev–Trinajstić information content (AvgIpc) is 3.59. The first-order chi connectivity index (χ1) is 26.3. The van der Waals surface area contributed by atoms with Gasteiger partial charge in [0.15, 0.2) is 5.78 Å². The normalized spacial score (nSPS) is 20.1. The topological polar surface area (TPSA) is 156 Å². The molecule has 0 bridgehead atoms. The summed E-state index contributed by atoms with van der Waals surface area (Å²) in [6.45, 7) is 15.4. The minimum Gasteiger partial charge on any atom is -0.496 e. The lowest BCUT2D eigenvalue weighted by molar-refractivity contribution is -0.148. The molecule has 1 aromatic rings. The molecular formula is C42H71N5O9. The van der Waals surface area contributed by atoms with Gasteiger partial charge in [0.2, 0.25) is 23.6 Å². The molecule has 0 aromatic heterocycles. The van der Waals surface area contributed by atoms with Crippen molar-refractivity contribution in [3.63, 3.8) is 0 Å². The molecule has 1 aliphatic heterocycles. The van der Waals surface area contributed by atoms with Crippen LogP contribution in [0.1, 0.15) is 85.0 Å². The maximum atomic E-state index is 14.4. The largest absolute Gasteiger partial charge is 0.496 e. The molecule has 14 heteroatoms. The van der Waals surface area contributed by atoms with E-state index in [9.17, 15) is 24.0 Å². The van der Waals surface area contributed by atoms with Crippen LogP contribution in [-0.4, -0.2) is 149 Å². The molecule has 2 N–H and O–H groups in total. The summed E-state index contributed by atoms with van der Waals surface area (Å²) < 4.78 is 23.1. The molecular weight excluding hydrogens is 718 g/mol. The van der Waals surface area contributed by atoms with Crippen molar-refractivity contribution in [2.45, 2.75) is 123 Å². The van der Waals surface area contributed by atoms with Gasteiger partial charge in [0.1, 0.15) is 11.8 Å². The van der Waals surface area contributed by atoms with Crippen molar-refractivity contribution in [2.24, 2.45) is 23.7 Å². The van der Waals surface area contributed by atoms with Gasteiger partial charge < -0.3 is 39.4 Å². The highest BCUT2D eigenvalue weighted by Gasteiger charge is 2.46. The monoisotopic (exact) mass is 790 g/mol. The summed E-state index contributed by atoms with van der Waals surface area (Å²) in [5.41, 5.74) is 0.360. The van der Waals surface area contributed by atoms with Crippen LogP contribution in [0.2, 0.25) is 0 Å². The number of hydrogen-bond acceptors (Lipinski definition) is 10. The van der Waals surface area contributed by atoms with Crippen LogP contribution in [0.4, 0.5) is 0 Å². The van der Waals surface area contributed by atoms with E-state index in [1.165, 1.54) is 21.3 Å². The van der Waals surface area contributed by atoms with E-state index in [4.69, 9.17) is 18.9 Å². The molecule has 1 aliphatic rings. The van der Waals surface area contributed by atoms with Crippen molar-refractivity contribution in [1.82, 2.24) is 25.3 Å². The van der Waals surface area contributed by atoms with E-state index in [2.05, 4.69) is 10.6 Å². The van der Waals surface area contributed by atoms with Gasteiger partial charge in [-0.05, 0) is 57.3 Å². The third kappa shape index (κ3) is 12.0. The quantitative estimate of drug-likeness (QED) is 0.166. The summed E-state index contributed by atoms with van der Waals surface area (Å²) in [7, 11) is 11.5. The van der Waals surface area contributed by atoms with Crippen molar-refractivity contribution >= 4 is 29.4 Å². The molecule has 4 amide bonds. The lowest BCUT2D eigenvalue weighted by Crippen LogP contribution is -2.59. The van der Waals surface area contributed by atoms with Crippen molar-refractivity contribution < 1.29 is 42.9 Å². The van der Waals surface area contributed by atoms with Gasteiger partial charge in [-0.1, -0.05) is 67.0 Å². The van der Waals surface area contributed by atoms with E-state index in [0.29, 0.717) is 24.2 Å². The Kier molecular flexibility index (Phi) is 19.4. The lowest BCUT2D eigenvalue weighted by Gasteiger charge is -2.41. The molecule has 1 unspecified atom stereocenters. The summed E-state index contributed by atoms with van der Waals surface area (Å²) in [6.07, 6.45) is -0.627. The molecule has 2 rings (SSSR count). The molecule has 10 atom stereocenters. The lowest BCUT2D eigenvalue weighted by atomic mass is 9.89.